The lowest BCUT2D eigenvalue weighted by Gasteiger charge is -2.24. The molecule has 5 unspecified atom stereocenters. The largest absolute Gasteiger partial charge is 0.480 e. The summed E-state index contributed by atoms with van der Waals surface area (Å²) in [4.78, 5) is 48.4. The number of hydrogen-bond acceptors (Lipinski definition) is 7. The van der Waals surface area contributed by atoms with E-state index in [1.807, 2.05) is 0 Å². The van der Waals surface area contributed by atoms with Crippen LogP contribution in [0, 0.1) is 0 Å². The summed E-state index contributed by atoms with van der Waals surface area (Å²) in [7, 11) is 0. The predicted octanol–water partition coefficient (Wildman–Crippen LogP) is -1.57. The molecule has 0 saturated heterocycles. The Balaban J connectivity index is 2.93. The summed E-state index contributed by atoms with van der Waals surface area (Å²) in [6, 6.07) is 4.33. The average Bonchev–Trinajstić information content (AvgIpc) is 2.69. The van der Waals surface area contributed by atoms with Gasteiger partial charge in [-0.15, -0.1) is 0 Å². The van der Waals surface area contributed by atoms with E-state index in [1.54, 1.807) is 30.3 Å². The van der Waals surface area contributed by atoms with Gasteiger partial charge in [-0.3, -0.25) is 14.4 Å². The highest BCUT2D eigenvalue weighted by atomic mass is 32.1. The molecular weight excluding hydrogens is 412 g/mol. The summed E-state index contributed by atoms with van der Waals surface area (Å²) in [5.74, 6) is -3.59. The van der Waals surface area contributed by atoms with Gasteiger partial charge in [0.1, 0.15) is 12.1 Å². The van der Waals surface area contributed by atoms with Crippen LogP contribution in [0.2, 0.25) is 0 Å². The topological polar surface area (TPSA) is 171 Å². The first-order valence-electron chi connectivity index (χ1n) is 9.29. The number of carbonyl (C=O) groups excluding carboxylic acids is 3. The Morgan fingerprint density at radius 2 is 1.50 bits per heavy atom. The summed E-state index contributed by atoms with van der Waals surface area (Å²) < 4.78 is 0. The lowest BCUT2D eigenvalue weighted by molar-refractivity contribution is -0.145. The fourth-order valence-corrected chi connectivity index (χ4v) is 2.73. The molecule has 0 radical (unpaired) electrons. The third-order valence-electron chi connectivity index (χ3n) is 4.19. The molecule has 1 rings (SSSR count). The quantitative estimate of drug-likeness (QED) is 0.204. The minimum atomic E-state index is -1.55. The Morgan fingerprint density at radius 1 is 0.967 bits per heavy atom. The van der Waals surface area contributed by atoms with Gasteiger partial charge in [-0.25, -0.2) is 4.79 Å². The molecule has 0 spiro atoms. The van der Waals surface area contributed by atoms with Gasteiger partial charge < -0.3 is 31.9 Å². The number of carboxylic acid groups (broad SMARTS) is 1. The van der Waals surface area contributed by atoms with Crippen LogP contribution in [-0.4, -0.2) is 69.9 Å². The summed E-state index contributed by atoms with van der Waals surface area (Å²) >= 11 is 4.03. The van der Waals surface area contributed by atoms with Crippen molar-refractivity contribution in [1.82, 2.24) is 16.0 Å². The van der Waals surface area contributed by atoms with Crippen LogP contribution in [0.5, 0.6) is 0 Å². The summed E-state index contributed by atoms with van der Waals surface area (Å²) in [5, 5.41) is 25.8. The zero-order chi connectivity index (χ0) is 22.8. The van der Waals surface area contributed by atoms with Gasteiger partial charge >= 0.3 is 5.97 Å². The number of aliphatic hydroxyl groups excluding tert-OH is 1. The number of benzene rings is 1. The number of nitrogens with one attached hydrogen (secondary N) is 3. The van der Waals surface area contributed by atoms with Crippen LogP contribution in [0.3, 0.4) is 0 Å². The molecule has 11 heteroatoms. The second-order valence-corrected chi connectivity index (χ2v) is 7.21. The predicted molar refractivity (Wildman–Crippen MR) is 113 cm³/mol. The van der Waals surface area contributed by atoms with Gasteiger partial charge in [0, 0.05) is 12.2 Å². The molecule has 0 aliphatic rings. The Labute approximate surface area is 180 Å². The van der Waals surface area contributed by atoms with E-state index in [-0.39, 0.29) is 12.2 Å². The van der Waals surface area contributed by atoms with Gasteiger partial charge in [0.15, 0.2) is 6.04 Å². The molecule has 166 valence electrons. The van der Waals surface area contributed by atoms with E-state index >= 15 is 0 Å². The number of aliphatic carboxylic acids is 1. The second kappa shape index (κ2) is 12.2. The summed E-state index contributed by atoms with van der Waals surface area (Å²) in [6.45, 7) is 2.69. The normalized spacial score (nSPS) is 15.8. The van der Waals surface area contributed by atoms with Crippen LogP contribution in [0.15, 0.2) is 30.3 Å². The molecule has 0 fully saturated rings. The Bertz CT molecular complexity index is 744. The van der Waals surface area contributed by atoms with Gasteiger partial charge in [0.25, 0.3) is 0 Å². The summed E-state index contributed by atoms with van der Waals surface area (Å²) in [5.41, 5.74) is 6.34. The van der Waals surface area contributed by atoms with Crippen LogP contribution in [0.4, 0.5) is 0 Å². The third-order valence-corrected chi connectivity index (χ3v) is 4.56. The smallest absolute Gasteiger partial charge is 0.328 e. The molecule has 5 atom stereocenters. The molecular formula is C19H28N4O6S. The fraction of sp³-hybridized carbons (Fsp3) is 0.474. The Morgan fingerprint density at radius 3 is 1.97 bits per heavy atom. The first kappa shape index (κ1) is 25.4. The van der Waals surface area contributed by atoms with Gasteiger partial charge in [-0.2, -0.15) is 12.6 Å². The number of rotatable bonds is 11. The first-order valence-corrected chi connectivity index (χ1v) is 9.92. The molecule has 0 aromatic heterocycles. The maximum atomic E-state index is 12.8. The van der Waals surface area contributed by atoms with Crippen LogP contribution < -0.4 is 21.7 Å². The molecule has 0 aliphatic carbocycles. The van der Waals surface area contributed by atoms with Crippen molar-refractivity contribution in [2.24, 2.45) is 5.73 Å². The molecule has 0 bridgehead atoms. The molecule has 7 N–H and O–H groups in total. The zero-order valence-corrected chi connectivity index (χ0v) is 17.6. The highest BCUT2D eigenvalue weighted by molar-refractivity contribution is 7.80. The van der Waals surface area contributed by atoms with Crippen LogP contribution in [-0.2, 0) is 25.6 Å². The summed E-state index contributed by atoms with van der Waals surface area (Å²) in [6.07, 6.45) is -1.20. The van der Waals surface area contributed by atoms with E-state index < -0.39 is 54.0 Å². The van der Waals surface area contributed by atoms with Crippen molar-refractivity contribution < 1.29 is 29.4 Å². The zero-order valence-electron chi connectivity index (χ0n) is 16.7. The number of carboxylic acids is 1. The van der Waals surface area contributed by atoms with Gasteiger partial charge in [0.2, 0.25) is 17.7 Å². The number of thiol groups is 1. The second-order valence-electron chi connectivity index (χ2n) is 6.85. The van der Waals surface area contributed by atoms with Crippen molar-refractivity contribution in [3.05, 3.63) is 35.9 Å². The molecule has 30 heavy (non-hydrogen) atoms. The maximum Gasteiger partial charge on any atom is 0.328 e. The van der Waals surface area contributed by atoms with Crippen molar-refractivity contribution in [1.29, 1.82) is 0 Å². The molecule has 0 heterocycles. The van der Waals surface area contributed by atoms with Crippen molar-refractivity contribution >= 4 is 36.3 Å². The lowest BCUT2D eigenvalue weighted by atomic mass is 10.0. The third kappa shape index (κ3) is 8.01. The SMILES string of the molecule is CC(N)C(=O)NC(Cc1ccccc1)C(=O)NC(CS)C(=O)NC(C(=O)O)C(C)O. The maximum absolute atomic E-state index is 12.8. The number of carbonyl (C=O) groups is 4. The van der Waals surface area contributed by atoms with E-state index in [9.17, 15) is 24.3 Å². The molecule has 0 saturated carbocycles. The molecule has 10 nitrogen and oxygen atoms in total. The van der Waals surface area contributed by atoms with Crippen molar-refractivity contribution in [2.75, 3.05) is 5.75 Å². The van der Waals surface area contributed by atoms with Gasteiger partial charge in [-0.05, 0) is 19.4 Å². The minimum absolute atomic E-state index is 0.136. The first-order chi connectivity index (χ1) is 14.1. The van der Waals surface area contributed by atoms with Gasteiger partial charge in [-0.1, -0.05) is 30.3 Å². The Hall–Kier alpha value is -2.63. The van der Waals surface area contributed by atoms with E-state index in [1.165, 1.54) is 13.8 Å². The van der Waals surface area contributed by atoms with Crippen molar-refractivity contribution in [3.63, 3.8) is 0 Å². The van der Waals surface area contributed by atoms with Crippen LogP contribution >= 0.6 is 12.6 Å². The lowest BCUT2D eigenvalue weighted by Crippen LogP contribution is -2.59. The standard InChI is InChI=1S/C19H28N4O6S/c1-10(20)16(25)21-13(8-12-6-4-3-5-7-12)17(26)22-14(9-30)18(27)23-15(11(2)24)19(28)29/h3-7,10-11,13-15,24,30H,8-9,20H2,1-2H3,(H,21,25)(H,22,26)(H,23,27)(H,28,29). The fourth-order valence-electron chi connectivity index (χ4n) is 2.47. The molecule has 0 aliphatic heterocycles. The number of amides is 3. The van der Waals surface area contributed by atoms with E-state index in [0.717, 1.165) is 5.56 Å². The minimum Gasteiger partial charge on any atom is -0.480 e. The van der Waals surface area contributed by atoms with Crippen molar-refractivity contribution in [2.45, 2.75) is 50.5 Å². The number of nitrogens with two attached hydrogens (primary N) is 1. The van der Waals surface area contributed by atoms with Crippen LogP contribution in [0.25, 0.3) is 0 Å². The van der Waals surface area contributed by atoms with E-state index in [2.05, 4.69) is 28.6 Å². The number of hydrogen-bond donors (Lipinski definition) is 7. The highest BCUT2D eigenvalue weighted by Gasteiger charge is 2.31. The molecule has 3 amide bonds. The van der Waals surface area contributed by atoms with E-state index in [4.69, 9.17) is 10.8 Å². The van der Waals surface area contributed by atoms with Crippen molar-refractivity contribution in [3.8, 4) is 0 Å². The number of aliphatic hydroxyl groups is 1. The van der Waals surface area contributed by atoms with E-state index in [0.29, 0.717) is 0 Å². The van der Waals surface area contributed by atoms with Gasteiger partial charge in [0.05, 0.1) is 12.1 Å². The van der Waals surface area contributed by atoms with Crippen LogP contribution in [0.1, 0.15) is 19.4 Å². The highest BCUT2D eigenvalue weighted by Crippen LogP contribution is 2.05. The average molecular weight is 441 g/mol. The Kier molecular flexibility index (Phi) is 10.3. The monoisotopic (exact) mass is 440 g/mol. The molecule has 1 aromatic rings. The molecule has 1 aromatic carbocycles.